The minimum Gasteiger partial charge on any atom is -0.489 e. The second-order valence-corrected chi connectivity index (χ2v) is 7.87. The number of hydrogen-bond acceptors (Lipinski definition) is 7. The molecule has 0 bridgehead atoms. The van der Waals surface area contributed by atoms with Crippen molar-refractivity contribution in [1.29, 1.82) is 0 Å². The van der Waals surface area contributed by atoms with Gasteiger partial charge in [0.05, 0.1) is 25.7 Å². The Morgan fingerprint density at radius 1 is 1.00 bits per heavy atom. The van der Waals surface area contributed by atoms with Gasteiger partial charge >= 0.3 is 11.9 Å². The molecule has 0 spiro atoms. The van der Waals surface area contributed by atoms with Crippen molar-refractivity contribution in [1.82, 2.24) is 0 Å². The molecular weight excluding hydrogens is 400 g/mol. The monoisotopic (exact) mass is 426 g/mol. The van der Waals surface area contributed by atoms with Crippen molar-refractivity contribution < 1.29 is 33.7 Å². The number of carbonyl (C=O) groups is 3. The summed E-state index contributed by atoms with van der Waals surface area (Å²) in [6, 6.07) is 16.5. The lowest BCUT2D eigenvalue weighted by Crippen LogP contribution is -2.55. The van der Waals surface area contributed by atoms with Gasteiger partial charge in [-0.25, -0.2) is 0 Å². The summed E-state index contributed by atoms with van der Waals surface area (Å²) in [5, 5.41) is 10.9. The third-order valence-corrected chi connectivity index (χ3v) is 5.69. The van der Waals surface area contributed by atoms with Crippen molar-refractivity contribution in [2.45, 2.75) is 31.5 Å². The first kappa shape index (κ1) is 22.5. The molecule has 164 valence electrons. The van der Waals surface area contributed by atoms with E-state index < -0.39 is 41.1 Å². The molecular formula is C24H26O7. The van der Waals surface area contributed by atoms with E-state index in [4.69, 9.17) is 14.2 Å². The maximum Gasteiger partial charge on any atom is 0.316 e. The van der Waals surface area contributed by atoms with Crippen LogP contribution in [-0.2, 0) is 30.5 Å². The van der Waals surface area contributed by atoms with Gasteiger partial charge < -0.3 is 19.3 Å². The molecule has 0 saturated heterocycles. The van der Waals surface area contributed by atoms with Crippen LogP contribution in [0.1, 0.15) is 30.4 Å². The minimum absolute atomic E-state index is 0.346. The van der Waals surface area contributed by atoms with Crippen LogP contribution in [0, 0.1) is 11.8 Å². The number of ether oxygens (including phenoxy) is 3. The zero-order valence-corrected chi connectivity index (χ0v) is 17.7. The average Bonchev–Trinajstić information content (AvgIpc) is 2.76. The van der Waals surface area contributed by atoms with Gasteiger partial charge in [-0.15, -0.1) is 0 Å². The number of benzene rings is 2. The molecule has 31 heavy (non-hydrogen) atoms. The Hall–Kier alpha value is -3.19. The van der Waals surface area contributed by atoms with Crippen LogP contribution in [0.2, 0.25) is 0 Å². The lowest BCUT2D eigenvalue weighted by atomic mass is 9.62. The predicted molar refractivity (Wildman–Crippen MR) is 111 cm³/mol. The Morgan fingerprint density at radius 3 is 2.19 bits per heavy atom. The molecule has 0 aromatic heterocycles. The predicted octanol–water partition coefficient (Wildman–Crippen LogP) is 2.65. The smallest absolute Gasteiger partial charge is 0.316 e. The first-order valence-corrected chi connectivity index (χ1v) is 9.96. The Balaban J connectivity index is 1.93. The summed E-state index contributed by atoms with van der Waals surface area (Å²) in [4.78, 5) is 37.8. The number of rotatable bonds is 6. The number of esters is 2. The third kappa shape index (κ3) is 4.77. The maximum absolute atomic E-state index is 12.7. The molecule has 2 aromatic rings. The lowest BCUT2D eigenvalue weighted by Gasteiger charge is -2.43. The first-order chi connectivity index (χ1) is 14.8. The fraction of sp³-hybridized carbons (Fsp3) is 0.375. The standard InChI is InChI=1S/C24H26O7/c1-24(28)13-18(25)20(22(26)29-2)19(21(24)23(27)30-3)16-9-11-17(12-10-16)31-14-15-7-5-4-6-8-15/h4-12,19-21,28H,13-14H2,1-3H3. The number of ketones is 1. The molecule has 0 aliphatic heterocycles. The van der Waals surface area contributed by atoms with Crippen LogP contribution in [0.25, 0.3) is 0 Å². The highest BCUT2D eigenvalue weighted by molar-refractivity contribution is 6.02. The average molecular weight is 426 g/mol. The fourth-order valence-electron chi connectivity index (χ4n) is 4.20. The molecule has 1 aliphatic rings. The van der Waals surface area contributed by atoms with Gasteiger partial charge in [0.2, 0.25) is 0 Å². The van der Waals surface area contributed by atoms with E-state index in [-0.39, 0.29) is 6.42 Å². The molecule has 4 atom stereocenters. The van der Waals surface area contributed by atoms with Crippen molar-refractivity contribution in [3.8, 4) is 5.75 Å². The molecule has 0 amide bonds. The summed E-state index contributed by atoms with van der Waals surface area (Å²) in [6.45, 7) is 1.79. The molecule has 1 aliphatic carbocycles. The Kier molecular flexibility index (Phi) is 6.75. The Morgan fingerprint density at radius 2 is 1.61 bits per heavy atom. The summed E-state index contributed by atoms with van der Waals surface area (Å²) in [5.41, 5.74) is -0.120. The van der Waals surface area contributed by atoms with E-state index in [1.165, 1.54) is 21.1 Å². The summed E-state index contributed by atoms with van der Waals surface area (Å²) in [6.07, 6.45) is -0.346. The van der Waals surface area contributed by atoms with Crippen molar-refractivity contribution in [3.05, 3.63) is 65.7 Å². The van der Waals surface area contributed by atoms with Gasteiger partial charge in [-0.2, -0.15) is 0 Å². The van der Waals surface area contributed by atoms with Gasteiger partial charge in [0.25, 0.3) is 0 Å². The van der Waals surface area contributed by atoms with Crippen molar-refractivity contribution in [3.63, 3.8) is 0 Å². The lowest BCUT2D eigenvalue weighted by molar-refractivity contribution is -0.170. The zero-order valence-electron chi connectivity index (χ0n) is 17.7. The van der Waals surface area contributed by atoms with E-state index >= 15 is 0 Å². The van der Waals surface area contributed by atoms with Gasteiger partial charge in [0.1, 0.15) is 18.3 Å². The van der Waals surface area contributed by atoms with Crippen LogP contribution >= 0.6 is 0 Å². The molecule has 7 nitrogen and oxygen atoms in total. The Bertz CT molecular complexity index is 934. The molecule has 4 unspecified atom stereocenters. The first-order valence-electron chi connectivity index (χ1n) is 9.96. The normalized spacial score (nSPS) is 25.5. The highest BCUT2D eigenvalue weighted by Crippen LogP contribution is 2.46. The van der Waals surface area contributed by atoms with Gasteiger partial charge in [-0.1, -0.05) is 42.5 Å². The van der Waals surface area contributed by atoms with Gasteiger partial charge in [-0.3, -0.25) is 14.4 Å². The number of Topliss-reactive ketones (excluding diaryl/α,β-unsaturated/α-hetero) is 1. The highest BCUT2D eigenvalue weighted by Gasteiger charge is 2.56. The minimum atomic E-state index is -1.66. The molecule has 1 fully saturated rings. The molecule has 0 radical (unpaired) electrons. The van der Waals surface area contributed by atoms with Crippen molar-refractivity contribution >= 4 is 17.7 Å². The molecule has 1 saturated carbocycles. The SMILES string of the molecule is COC(=O)C1C(=O)CC(C)(O)C(C(=O)OC)C1c1ccc(OCc2ccccc2)cc1. The van der Waals surface area contributed by atoms with Crippen LogP contribution in [0.15, 0.2) is 54.6 Å². The largest absolute Gasteiger partial charge is 0.489 e. The molecule has 3 rings (SSSR count). The summed E-state index contributed by atoms with van der Waals surface area (Å²) in [7, 11) is 2.40. The number of carbonyl (C=O) groups excluding carboxylic acids is 3. The van der Waals surface area contributed by atoms with Crippen molar-refractivity contribution in [2.75, 3.05) is 14.2 Å². The quantitative estimate of drug-likeness (QED) is 0.560. The fourth-order valence-corrected chi connectivity index (χ4v) is 4.20. The Labute approximate surface area is 180 Å². The van der Waals surface area contributed by atoms with E-state index in [0.29, 0.717) is 17.9 Å². The number of hydrogen-bond donors (Lipinski definition) is 1. The van der Waals surface area contributed by atoms with Crippen LogP contribution in [0.3, 0.4) is 0 Å². The van der Waals surface area contributed by atoms with E-state index in [1.807, 2.05) is 30.3 Å². The number of aliphatic hydroxyl groups is 1. The topological polar surface area (TPSA) is 99.1 Å². The van der Waals surface area contributed by atoms with Gasteiger partial charge in [0.15, 0.2) is 5.78 Å². The van der Waals surface area contributed by atoms with Crippen molar-refractivity contribution in [2.24, 2.45) is 11.8 Å². The van der Waals surface area contributed by atoms with Crippen LogP contribution in [0.5, 0.6) is 5.75 Å². The van der Waals surface area contributed by atoms with E-state index in [2.05, 4.69) is 0 Å². The van der Waals surface area contributed by atoms with Crippen LogP contribution in [-0.4, -0.2) is 42.6 Å². The number of methoxy groups -OCH3 is 2. The third-order valence-electron chi connectivity index (χ3n) is 5.69. The van der Waals surface area contributed by atoms with E-state index in [0.717, 1.165) is 5.56 Å². The summed E-state index contributed by atoms with van der Waals surface area (Å²) < 4.78 is 15.5. The molecule has 0 heterocycles. The second-order valence-electron chi connectivity index (χ2n) is 7.87. The summed E-state index contributed by atoms with van der Waals surface area (Å²) in [5.74, 6) is -4.60. The molecule has 2 aromatic carbocycles. The zero-order chi connectivity index (χ0) is 22.6. The van der Waals surface area contributed by atoms with Gasteiger partial charge in [-0.05, 0) is 30.2 Å². The van der Waals surface area contributed by atoms with Gasteiger partial charge in [0, 0.05) is 12.3 Å². The summed E-state index contributed by atoms with van der Waals surface area (Å²) >= 11 is 0. The second kappa shape index (κ2) is 9.31. The van der Waals surface area contributed by atoms with E-state index in [9.17, 15) is 19.5 Å². The van der Waals surface area contributed by atoms with Crippen LogP contribution < -0.4 is 4.74 Å². The molecule has 7 heteroatoms. The molecule has 1 N–H and O–H groups in total. The van der Waals surface area contributed by atoms with E-state index in [1.54, 1.807) is 24.3 Å². The van der Waals surface area contributed by atoms with Crippen LogP contribution in [0.4, 0.5) is 0 Å². The maximum atomic E-state index is 12.7. The highest BCUT2D eigenvalue weighted by atomic mass is 16.5.